The molecule has 0 heterocycles. The van der Waals surface area contributed by atoms with E-state index in [1.807, 2.05) is 12.2 Å². The molecule has 0 amide bonds. The van der Waals surface area contributed by atoms with Crippen LogP contribution in [0.2, 0.25) is 0 Å². The lowest BCUT2D eigenvalue weighted by Crippen LogP contribution is -2.19. The van der Waals surface area contributed by atoms with Crippen LogP contribution in [0.15, 0.2) is 24.3 Å². The van der Waals surface area contributed by atoms with Crippen molar-refractivity contribution in [2.75, 3.05) is 0 Å². The van der Waals surface area contributed by atoms with Gasteiger partial charge in [0.05, 0.1) is 0 Å². The third-order valence-corrected chi connectivity index (χ3v) is 4.55. The first kappa shape index (κ1) is 14.3. The van der Waals surface area contributed by atoms with Crippen LogP contribution in [0, 0.1) is 46.8 Å². The van der Waals surface area contributed by atoms with Crippen LogP contribution in [-0.2, 0) is 0 Å². The summed E-state index contributed by atoms with van der Waals surface area (Å²) in [5, 5.41) is 0. The van der Waals surface area contributed by atoms with Crippen molar-refractivity contribution in [2.24, 2.45) is 17.8 Å². The van der Waals surface area contributed by atoms with E-state index in [0.29, 0.717) is 6.42 Å². The Morgan fingerprint density at radius 3 is 1.95 bits per heavy atom. The van der Waals surface area contributed by atoms with E-state index in [0.717, 1.165) is 0 Å². The Morgan fingerprint density at radius 1 is 0.810 bits per heavy atom. The second kappa shape index (κ2) is 4.97. The predicted molar refractivity (Wildman–Crippen MR) is 68.0 cm³/mol. The van der Waals surface area contributed by atoms with E-state index in [1.165, 1.54) is 0 Å². The topological polar surface area (TPSA) is 0 Å². The van der Waals surface area contributed by atoms with Gasteiger partial charge in [0.15, 0.2) is 23.3 Å². The molecule has 0 spiro atoms. The van der Waals surface area contributed by atoms with E-state index in [2.05, 4.69) is 0 Å². The third-order valence-electron chi connectivity index (χ3n) is 4.55. The van der Waals surface area contributed by atoms with Crippen molar-refractivity contribution in [3.63, 3.8) is 0 Å². The molecule has 0 aromatic heterocycles. The summed E-state index contributed by atoms with van der Waals surface area (Å²) in [5.74, 6) is -10.3. The summed E-state index contributed by atoms with van der Waals surface area (Å²) in [4.78, 5) is 0. The number of rotatable bonds is 1. The molecule has 112 valence electrons. The van der Waals surface area contributed by atoms with Gasteiger partial charge in [-0.2, -0.15) is 0 Å². The highest BCUT2D eigenvalue weighted by Gasteiger charge is 2.44. The Hall–Kier alpha value is -1.65. The van der Waals surface area contributed by atoms with Gasteiger partial charge >= 0.3 is 0 Å². The normalized spacial score (nSPS) is 30.8. The average molecular weight is 300 g/mol. The van der Waals surface area contributed by atoms with Gasteiger partial charge in [0.1, 0.15) is 0 Å². The maximum absolute atomic E-state index is 14.0. The van der Waals surface area contributed by atoms with Gasteiger partial charge < -0.3 is 0 Å². The third kappa shape index (κ3) is 2.01. The molecule has 0 bridgehead atoms. The standard InChI is InChI=1S/C16H13F5/c1-7-6-8-4-2-3-5-9(8)10(7)11-12(17)14(19)16(21)15(20)13(11)18/h2-5,7-10H,6H2,1H3. The highest BCUT2D eigenvalue weighted by molar-refractivity contribution is 5.33. The van der Waals surface area contributed by atoms with E-state index in [4.69, 9.17) is 0 Å². The zero-order valence-corrected chi connectivity index (χ0v) is 11.2. The predicted octanol–water partition coefficient (Wildman–Crippen LogP) is 4.86. The van der Waals surface area contributed by atoms with Crippen molar-refractivity contribution < 1.29 is 22.0 Å². The molecule has 0 radical (unpaired) electrons. The van der Waals surface area contributed by atoms with Crippen molar-refractivity contribution in [2.45, 2.75) is 19.3 Å². The first-order valence-electron chi connectivity index (χ1n) is 6.79. The van der Waals surface area contributed by atoms with E-state index in [-0.39, 0.29) is 17.8 Å². The number of halogens is 5. The number of hydrogen-bond donors (Lipinski definition) is 0. The lowest BCUT2D eigenvalue weighted by molar-refractivity contribution is 0.346. The molecule has 1 saturated carbocycles. The summed E-state index contributed by atoms with van der Waals surface area (Å²) >= 11 is 0. The Balaban J connectivity index is 2.17. The van der Waals surface area contributed by atoms with E-state index in [9.17, 15) is 22.0 Å². The van der Waals surface area contributed by atoms with E-state index >= 15 is 0 Å². The molecule has 0 aliphatic heterocycles. The van der Waals surface area contributed by atoms with Gasteiger partial charge in [-0.1, -0.05) is 31.2 Å². The maximum atomic E-state index is 14.0. The molecule has 2 aliphatic rings. The maximum Gasteiger partial charge on any atom is 0.200 e. The van der Waals surface area contributed by atoms with E-state index in [1.54, 1.807) is 19.1 Å². The molecular weight excluding hydrogens is 287 g/mol. The molecule has 0 nitrogen and oxygen atoms in total. The van der Waals surface area contributed by atoms with Crippen molar-refractivity contribution >= 4 is 0 Å². The van der Waals surface area contributed by atoms with Crippen LogP contribution >= 0.6 is 0 Å². The molecule has 4 unspecified atom stereocenters. The SMILES string of the molecule is CC1CC2C=CC=CC2C1c1c(F)c(F)c(F)c(F)c1F. The fourth-order valence-corrected chi connectivity index (χ4v) is 3.64. The van der Waals surface area contributed by atoms with Crippen LogP contribution in [-0.4, -0.2) is 0 Å². The average Bonchev–Trinajstić information content (AvgIpc) is 2.80. The number of allylic oxidation sites excluding steroid dienone is 4. The number of benzene rings is 1. The largest absolute Gasteiger partial charge is 0.203 e. The number of hydrogen-bond acceptors (Lipinski definition) is 0. The van der Waals surface area contributed by atoms with Crippen molar-refractivity contribution in [1.82, 2.24) is 0 Å². The molecule has 21 heavy (non-hydrogen) atoms. The highest BCUT2D eigenvalue weighted by atomic mass is 19.2. The van der Waals surface area contributed by atoms with Crippen molar-refractivity contribution in [3.05, 3.63) is 59.0 Å². The molecule has 0 N–H and O–H groups in total. The summed E-state index contributed by atoms with van der Waals surface area (Å²) in [6, 6.07) is 0. The van der Waals surface area contributed by atoms with Crippen LogP contribution < -0.4 is 0 Å². The van der Waals surface area contributed by atoms with Crippen LogP contribution in [0.1, 0.15) is 24.8 Å². The van der Waals surface area contributed by atoms with Crippen LogP contribution in [0.4, 0.5) is 22.0 Å². The lowest BCUT2D eigenvalue weighted by atomic mass is 9.80. The van der Waals surface area contributed by atoms with Gasteiger partial charge in [0, 0.05) is 5.56 Å². The van der Waals surface area contributed by atoms with Gasteiger partial charge in [-0.15, -0.1) is 0 Å². The smallest absolute Gasteiger partial charge is 0.200 e. The lowest BCUT2D eigenvalue weighted by Gasteiger charge is -2.25. The Kier molecular flexibility index (Phi) is 3.38. The zero-order chi connectivity index (χ0) is 15.3. The van der Waals surface area contributed by atoms with Crippen LogP contribution in [0.25, 0.3) is 0 Å². The Labute approximate surface area is 119 Å². The summed E-state index contributed by atoms with van der Waals surface area (Å²) in [7, 11) is 0. The second-order valence-electron chi connectivity index (χ2n) is 5.73. The Morgan fingerprint density at radius 2 is 1.33 bits per heavy atom. The molecule has 3 rings (SSSR count). The monoisotopic (exact) mass is 300 g/mol. The molecule has 1 aromatic rings. The summed E-state index contributed by atoms with van der Waals surface area (Å²) < 4.78 is 68.0. The minimum Gasteiger partial charge on any atom is -0.203 e. The first-order chi connectivity index (χ1) is 9.93. The molecule has 5 heteroatoms. The van der Waals surface area contributed by atoms with Gasteiger partial charge in [0.2, 0.25) is 5.82 Å². The summed E-state index contributed by atoms with van der Waals surface area (Å²) in [5.41, 5.74) is -0.675. The van der Waals surface area contributed by atoms with Crippen LogP contribution in [0.5, 0.6) is 0 Å². The fourth-order valence-electron chi connectivity index (χ4n) is 3.64. The molecule has 0 saturated heterocycles. The van der Waals surface area contributed by atoms with Gasteiger partial charge in [-0.3, -0.25) is 0 Å². The molecule has 1 aromatic carbocycles. The highest BCUT2D eigenvalue weighted by Crippen LogP contribution is 2.51. The summed E-state index contributed by atoms with van der Waals surface area (Å²) in [6.45, 7) is 1.78. The van der Waals surface area contributed by atoms with Crippen molar-refractivity contribution in [3.8, 4) is 0 Å². The first-order valence-corrected chi connectivity index (χ1v) is 6.79. The van der Waals surface area contributed by atoms with Gasteiger partial charge in [-0.05, 0) is 30.1 Å². The number of fused-ring (bicyclic) bond motifs is 1. The van der Waals surface area contributed by atoms with Gasteiger partial charge in [-0.25, -0.2) is 22.0 Å². The molecule has 1 fully saturated rings. The molecule has 2 aliphatic carbocycles. The Bertz CT molecular complexity index is 618. The molecular formula is C16H13F5. The van der Waals surface area contributed by atoms with Crippen LogP contribution in [0.3, 0.4) is 0 Å². The quantitative estimate of drug-likeness (QED) is 0.394. The second-order valence-corrected chi connectivity index (χ2v) is 5.73. The van der Waals surface area contributed by atoms with Crippen molar-refractivity contribution in [1.29, 1.82) is 0 Å². The fraction of sp³-hybridized carbons (Fsp3) is 0.375. The summed E-state index contributed by atoms with van der Waals surface area (Å²) in [6.07, 6.45) is 7.97. The zero-order valence-electron chi connectivity index (χ0n) is 11.2. The van der Waals surface area contributed by atoms with Gasteiger partial charge in [0.25, 0.3) is 0 Å². The minimum absolute atomic E-state index is 0.0741. The minimum atomic E-state index is -2.10. The molecule has 4 atom stereocenters. The van der Waals surface area contributed by atoms with E-state index < -0.39 is 40.6 Å².